The lowest BCUT2D eigenvalue weighted by atomic mass is 10.2. The Morgan fingerprint density at radius 1 is 1.25 bits per heavy atom. The van der Waals surface area contributed by atoms with Gasteiger partial charge in [-0.1, -0.05) is 12.5 Å². The summed E-state index contributed by atoms with van der Waals surface area (Å²) in [4.78, 5) is 12.6. The zero-order chi connectivity index (χ0) is 20.1. The number of sulfonamides is 1. The van der Waals surface area contributed by atoms with Crippen LogP contribution in [0.25, 0.3) is 0 Å². The summed E-state index contributed by atoms with van der Waals surface area (Å²) in [6, 6.07) is 8.62. The summed E-state index contributed by atoms with van der Waals surface area (Å²) >= 11 is 0. The Kier molecular flexibility index (Phi) is 6.53. The lowest BCUT2D eigenvalue weighted by molar-refractivity contribution is -0.684. The van der Waals surface area contributed by atoms with Crippen molar-refractivity contribution in [1.82, 2.24) is 4.31 Å². The minimum atomic E-state index is -3.53. The van der Waals surface area contributed by atoms with Crippen molar-refractivity contribution < 1.29 is 22.9 Å². The van der Waals surface area contributed by atoms with Crippen LogP contribution in [0.5, 0.6) is 0 Å². The highest BCUT2D eigenvalue weighted by molar-refractivity contribution is 7.89. The molecule has 152 valence electrons. The lowest BCUT2D eigenvalue weighted by Gasteiger charge is -2.26. The molecule has 3 rings (SSSR count). The van der Waals surface area contributed by atoms with Crippen LogP contribution in [0.4, 0.5) is 5.69 Å². The number of nitrogens with one attached hydrogen (secondary N) is 1. The molecule has 0 saturated carbocycles. The van der Waals surface area contributed by atoms with Crippen molar-refractivity contribution in [3.05, 3.63) is 47.9 Å². The van der Waals surface area contributed by atoms with E-state index in [2.05, 4.69) is 5.32 Å². The molecule has 0 spiro atoms. The van der Waals surface area contributed by atoms with Crippen LogP contribution >= 0.6 is 0 Å². The maximum Gasteiger partial charge on any atom is 0.279 e. The molecule has 0 radical (unpaired) electrons. The van der Waals surface area contributed by atoms with Crippen LogP contribution in [0.2, 0.25) is 0 Å². The third-order valence-electron chi connectivity index (χ3n) is 5.08. The van der Waals surface area contributed by atoms with Gasteiger partial charge in [-0.15, -0.1) is 0 Å². The first-order chi connectivity index (χ1) is 13.4. The van der Waals surface area contributed by atoms with Gasteiger partial charge in [0.25, 0.3) is 5.91 Å². The summed E-state index contributed by atoms with van der Waals surface area (Å²) in [7, 11) is -3.53. The van der Waals surface area contributed by atoms with Crippen molar-refractivity contribution in [2.75, 3.05) is 25.0 Å². The van der Waals surface area contributed by atoms with Gasteiger partial charge in [0, 0.05) is 18.8 Å². The Morgan fingerprint density at radius 2 is 2.00 bits per heavy atom. The second-order valence-corrected chi connectivity index (χ2v) is 9.17. The minimum Gasteiger partial charge on any atom is -0.463 e. The predicted molar refractivity (Wildman–Crippen MR) is 106 cm³/mol. The SMILES string of the molecule is Cc1ccc(S(=O)(=O)N2CCCCC2)cc1NC(=O)C[NH2+][C@@H](C)c1ccco1. The number of amides is 1. The van der Waals surface area contributed by atoms with E-state index in [4.69, 9.17) is 4.42 Å². The number of carbonyl (C=O) groups excluding carboxylic acids is 1. The zero-order valence-corrected chi connectivity index (χ0v) is 17.2. The van der Waals surface area contributed by atoms with Crippen LogP contribution in [0.3, 0.4) is 0 Å². The van der Waals surface area contributed by atoms with Gasteiger partial charge >= 0.3 is 0 Å². The molecule has 0 bridgehead atoms. The van der Waals surface area contributed by atoms with Crippen LogP contribution in [-0.4, -0.2) is 38.3 Å². The van der Waals surface area contributed by atoms with E-state index in [0.717, 1.165) is 30.6 Å². The molecule has 1 atom stereocenters. The number of hydrogen-bond donors (Lipinski definition) is 2. The molecular weight excluding hydrogens is 378 g/mol. The number of piperidine rings is 1. The van der Waals surface area contributed by atoms with Gasteiger partial charge in [-0.05, 0) is 56.5 Å². The first-order valence-corrected chi connectivity index (χ1v) is 11.1. The first kappa shape index (κ1) is 20.6. The highest BCUT2D eigenvalue weighted by atomic mass is 32.2. The van der Waals surface area contributed by atoms with Gasteiger partial charge in [0.1, 0.15) is 6.04 Å². The van der Waals surface area contributed by atoms with E-state index in [-0.39, 0.29) is 23.4 Å². The molecule has 8 heteroatoms. The number of carbonyl (C=O) groups is 1. The first-order valence-electron chi connectivity index (χ1n) is 9.65. The second kappa shape index (κ2) is 8.89. The Hall–Kier alpha value is -2.16. The molecule has 2 heterocycles. The fourth-order valence-corrected chi connectivity index (χ4v) is 4.85. The van der Waals surface area contributed by atoms with Crippen LogP contribution in [0, 0.1) is 6.92 Å². The molecule has 0 aliphatic carbocycles. The fraction of sp³-hybridized carbons (Fsp3) is 0.450. The second-order valence-electron chi connectivity index (χ2n) is 7.23. The molecule has 1 aliphatic heterocycles. The lowest BCUT2D eigenvalue weighted by Crippen LogP contribution is -2.86. The van der Waals surface area contributed by atoms with Gasteiger partial charge in [-0.3, -0.25) is 4.79 Å². The summed E-state index contributed by atoms with van der Waals surface area (Å²) in [6.07, 6.45) is 4.45. The number of rotatable bonds is 7. The Labute approximate surface area is 166 Å². The average molecular weight is 407 g/mol. The van der Waals surface area contributed by atoms with Crippen LogP contribution in [-0.2, 0) is 14.8 Å². The van der Waals surface area contributed by atoms with E-state index in [9.17, 15) is 13.2 Å². The van der Waals surface area contributed by atoms with Crippen molar-refractivity contribution in [3.63, 3.8) is 0 Å². The van der Waals surface area contributed by atoms with Gasteiger partial charge < -0.3 is 15.1 Å². The van der Waals surface area contributed by atoms with Crippen LogP contribution in [0.15, 0.2) is 45.9 Å². The molecule has 7 nitrogen and oxygen atoms in total. The average Bonchev–Trinajstić information content (AvgIpc) is 3.23. The van der Waals surface area contributed by atoms with Gasteiger partial charge in [0.05, 0.1) is 11.2 Å². The van der Waals surface area contributed by atoms with E-state index in [1.165, 1.54) is 4.31 Å². The number of quaternary nitrogens is 1. The van der Waals surface area contributed by atoms with Crippen molar-refractivity contribution in [2.45, 2.75) is 44.0 Å². The van der Waals surface area contributed by atoms with Crippen LogP contribution in [0.1, 0.15) is 43.6 Å². The smallest absolute Gasteiger partial charge is 0.279 e. The van der Waals surface area contributed by atoms with E-state index in [0.29, 0.717) is 18.8 Å². The normalized spacial score (nSPS) is 16.6. The molecule has 1 saturated heterocycles. The zero-order valence-electron chi connectivity index (χ0n) is 16.3. The van der Waals surface area contributed by atoms with Crippen molar-refractivity contribution >= 4 is 21.6 Å². The number of nitrogens with two attached hydrogens (primary N) is 1. The molecule has 28 heavy (non-hydrogen) atoms. The van der Waals surface area contributed by atoms with Crippen molar-refractivity contribution in [3.8, 4) is 0 Å². The van der Waals surface area contributed by atoms with E-state index in [1.807, 2.05) is 31.3 Å². The number of hydrogen-bond acceptors (Lipinski definition) is 4. The van der Waals surface area contributed by atoms with E-state index < -0.39 is 10.0 Å². The molecule has 1 aromatic carbocycles. The third kappa shape index (κ3) is 4.81. The molecule has 1 aliphatic rings. The monoisotopic (exact) mass is 406 g/mol. The standard InChI is InChI=1S/C20H27N3O4S/c1-15-8-9-17(28(25,26)23-10-4-3-5-11-23)13-18(15)22-20(24)14-21-16(2)19-7-6-12-27-19/h6-9,12-13,16,21H,3-5,10-11,14H2,1-2H3,(H,22,24)/p+1/t16-/m0/s1. The molecule has 1 fully saturated rings. The van der Waals surface area contributed by atoms with Gasteiger partial charge in [0.2, 0.25) is 10.0 Å². The van der Waals surface area contributed by atoms with E-state index >= 15 is 0 Å². The number of aryl methyl sites for hydroxylation is 1. The van der Waals surface area contributed by atoms with E-state index in [1.54, 1.807) is 24.5 Å². The Bertz CT molecular complexity index is 904. The molecule has 1 amide bonds. The molecular formula is C20H28N3O4S+. The minimum absolute atomic E-state index is 0.0210. The highest BCUT2D eigenvalue weighted by Gasteiger charge is 2.26. The molecule has 3 N–H and O–H groups in total. The van der Waals surface area contributed by atoms with Crippen molar-refractivity contribution in [2.24, 2.45) is 0 Å². The summed E-state index contributed by atoms with van der Waals surface area (Å²) < 4.78 is 32.6. The third-order valence-corrected chi connectivity index (χ3v) is 6.98. The number of benzene rings is 1. The number of nitrogens with zero attached hydrogens (tertiary/aromatic N) is 1. The van der Waals surface area contributed by atoms with Crippen molar-refractivity contribution in [1.29, 1.82) is 0 Å². The summed E-state index contributed by atoms with van der Waals surface area (Å²) in [5, 5.41) is 4.72. The highest BCUT2D eigenvalue weighted by Crippen LogP contribution is 2.25. The van der Waals surface area contributed by atoms with Gasteiger partial charge in [-0.2, -0.15) is 4.31 Å². The molecule has 2 aromatic rings. The Morgan fingerprint density at radius 3 is 2.68 bits per heavy atom. The summed E-state index contributed by atoms with van der Waals surface area (Å²) in [5.74, 6) is 0.618. The Balaban J connectivity index is 1.66. The maximum absolute atomic E-state index is 12.9. The van der Waals surface area contributed by atoms with Gasteiger partial charge in [0.15, 0.2) is 12.3 Å². The summed E-state index contributed by atoms with van der Waals surface area (Å²) in [6.45, 7) is 5.13. The quantitative estimate of drug-likeness (QED) is 0.735. The van der Waals surface area contributed by atoms with Crippen LogP contribution < -0.4 is 10.6 Å². The number of furan rings is 1. The fourth-order valence-electron chi connectivity index (χ4n) is 3.30. The largest absolute Gasteiger partial charge is 0.463 e. The number of anilines is 1. The predicted octanol–water partition coefficient (Wildman–Crippen LogP) is 2.03. The summed E-state index contributed by atoms with van der Waals surface area (Å²) in [5.41, 5.74) is 1.35. The molecule has 1 aromatic heterocycles. The topological polar surface area (TPSA) is 96.2 Å². The maximum atomic E-state index is 12.9. The molecule has 0 unspecified atom stereocenters. The van der Waals surface area contributed by atoms with Gasteiger partial charge in [-0.25, -0.2) is 8.42 Å².